The smallest absolute Gasteiger partial charge is 0.0966 e. The van der Waals surface area contributed by atoms with Crippen LogP contribution in [0.5, 0.6) is 0 Å². The summed E-state index contributed by atoms with van der Waals surface area (Å²) in [5.41, 5.74) is 0. The SMILES string of the molecule is CC(C)S(=O)N(C)CCBr. The molecule has 0 aliphatic carbocycles. The van der Waals surface area contributed by atoms with Crippen molar-refractivity contribution in [2.24, 2.45) is 0 Å². The van der Waals surface area contributed by atoms with Crippen LogP contribution >= 0.6 is 15.9 Å². The number of nitrogens with zero attached hydrogens (tertiary/aromatic N) is 1. The molecule has 0 aromatic carbocycles. The van der Waals surface area contributed by atoms with Crippen molar-refractivity contribution in [2.75, 3.05) is 18.9 Å². The third-order valence-corrected chi connectivity index (χ3v) is 3.07. The van der Waals surface area contributed by atoms with E-state index in [9.17, 15) is 4.21 Å². The van der Waals surface area contributed by atoms with Crippen molar-refractivity contribution in [3.8, 4) is 0 Å². The van der Waals surface area contributed by atoms with Gasteiger partial charge in [0.25, 0.3) is 0 Å². The first kappa shape index (κ1) is 10.6. The van der Waals surface area contributed by atoms with E-state index < -0.39 is 11.0 Å². The number of rotatable bonds is 4. The first-order valence-corrected chi connectivity index (χ1v) is 5.56. The molecule has 62 valence electrons. The fraction of sp³-hybridized carbons (Fsp3) is 1.00. The number of alkyl halides is 1. The minimum Gasteiger partial charge on any atom is -0.242 e. The van der Waals surface area contributed by atoms with Gasteiger partial charge in [0, 0.05) is 17.1 Å². The van der Waals surface area contributed by atoms with Gasteiger partial charge in [0.1, 0.15) is 0 Å². The van der Waals surface area contributed by atoms with Crippen LogP contribution in [0.25, 0.3) is 0 Å². The Kier molecular flexibility index (Phi) is 5.58. The summed E-state index contributed by atoms with van der Waals surface area (Å²) in [6.07, 6.45) is 0. The molecule has 10 heavy (non-hydrogen) atoms. The largest absolute Gasteiger partial charge is 0.242 e. The molecule has 0 aromatic heterocycles. The van der Waals surface area contributed by atoms with Crippen molar-refractivity contribution in [1.29, 1.82) is 0 Å². The van der Waals surface area contributed by atoms with Gasteiger partial charge in [-0.3, -0.25) is 0 Å². The zero-order chi connectivity index (χ0) is 8.15. The molecule has 0 heterocycles. The van der Waals surface area contributed by atoms with E-state index in [1.807, 2.05) is 25.2 Å². The molecule has 0 bridgehead atoms. The first-order valence-electron chi connectivity index (χ1n) is 3.27. The van der Waals surface area contributed by atoms with Crippen LogP contribution in [-0.2, 0) is 11.0 Å². The highest BCUT2D eigenvalue weighted by Gasteiger charge is 2.09. The molecule has 1 atom stereocenters. The van der Waals surface area contributed by atoms with E-state index in [0.29, 0.717) is 0 Å². The molecule has 0 saturated heterocycles. The Balaban J connectivity index is 3.71. The fourth-order valence-electron chi connectivity index (χ4n) is 0.569. The Morgan fingerprint density at radius 1 is 1.60 bits per heavy atom. The van der Waals surface area contributed by atoms with Crippen molar-refractivity contribution < 1.29 is 4.21 Å². The van der Waals surface area contributed by atoms with Crippen LogP contribution < -0.4 is 0 Å². The maximum absolute atomic E-state index is 11.2. The van der Waals surface area contributed by atoms with Crippen LogP contribution in [0.4, 0.5) is 0 Å². The molecule has 0 amide bonds. The van der Waals surface area contributed by atoms with Crippen molar-refractivity contribution in [2.45, 2.75) is 19.1 Å². The van der Waals surface area contributed by atoms with Crippen LogP contribution in [0.1, 0.15) is 13.8 Å². The topological polar surface area (TPSA) is 20.3 Å². The van der Waals surface area contributed by atoms with Gasteiger partial charge in [-0.15, -0.1) is 0 Å². The van der Waals surface area contributed by atoms with Crippen LogP contribution in [0.15, 0.2) is 0 Å². The summed E-state index contributed by atoms with van der Waals surface area (Å²) >= 11 is 3.29. The number of hydrogen-bond donors (Lipinski definition) is 0. The van der Waals surface area contributed by atoms with Gasteiger partial charge in [0.05, 0.1) is 11.0 Å². The van der Waals surface area contributed by atoms with E-state index in [1.54, 1.807) is 0 Å². The molecule has 0 saturated carbocycles. The van der Waals surface area contributed by atoms with Crippen molar-refractivity contribution >= 4 is 26.9 Å². The molecule has 0 radical (unpaired) electrons. The second-order valence-electron chi connectivity index (χ2n) is 2.37. The van der Waals surface area contributed by atoms with Gasteiger partial charge in [-0.2, -0.15) is 0 Å². The summed E-state index contributed by atoms with van der Waals surface area (Å²) in [5.74, 6) is 0. The molecule has 2 nitrogen and oxygen atoms in total. The predicted octanol–water partition coefficient (Wildman–Crippen LogP) is 1.39. The van der Waals surface area contributed by atoms with Gasteiger partial charge in [0.2, 0.25) is 0 Å². The second-order valence-corrected chi connectivity index (χ2v) is 5.28. The molecule has 4 heteroatoms. The van der Waals surface area contributed by atoms with Gasteiger partial charge >= 0.3 is 0 Å². The molecule has 0 aromatic rings. The molecular weight excluding hydrogens is 214 g/mol. The molecule has 0 aliphatic rings. The minimum absolute atomic E-state index is 0.226. The minimum atomic E-state index is -0.813. The van der Waals surface area contributed by atoms with E-state index in [0.717, 1.165) is 11.9 Å². The Morgan fingerprint density at radius 2 is 2.10 bits per heavy atom. The predicted molar refractivity (Wildman–Crippen MR) is 49.7 cm³/mol. The maximum Gasteiger partial charge on any atom is 0.0966 e. The quantitative estimate of drug-likeness (QED) is 0.666. The first-order chi connectivity index (χ1) is 4.59. The van der Waals surface area contributed by atoms with Gasteiger partial charge in [-0.25, -0.2) is 8.51 Å². The molecule has 0 N–H and O–H groups in total. The Hall–Kier alpha value is 0.590. The summed E-state index contributed by atoms with van der Waals surface area (Å²) in [7, 11) is 1.06. The zero-order valence-corrected chi connectivity index (χ0v) is 9.04. The van der Waals surface area contributed by atoms with Gasteiger partial charge in [-0.05, 0) is 20.9 Å². The summed E-state index contributed by atoms with van der Waals surface area (Å²) in [6.45, 7) is 4.76. The lowest BCUT2D eigenvalue weighted by Gasteiger charge is -2.16. The van der Waals surface area contributed by atoms with Crippen molar-refractivity contribution in [1.82, 2.24) is 4.31 Å². The average molecular weight is 228 g/mol. The highest BCUT2D eigenvalue weighted by Crippen LogP contribution is 1.99. The second kappa shape index (κ2) is 5.27. The van der Waals surface area contributed by atoms with Gasteiger partial charge in [0.15, 0.2) is 0 Å². The van der Waals surface area contributed by atoms with Crippen LogP contribution in [-0.4, -0.2) is 32.7 Å². The van der Waals surface area contributed by atoms with Crippen LogP contribution in [0, 0.1) is 0 Å². The molecule has 0 fully saturated rings. The monoisotopic (exact) mass is 227 g/mol. The third-order valence-electron chi connectivity index (χ3n) is 1.11. The third kappa shape index (κ3) is 3.68. The van der Waals surface area contributed by atoms with Crippen LogP contribution in [0.2, 0.25) is 0 Å². The molecule has 0 spiro atoms. The zero-order valence-electron chi connectivity index (χ0n) is 6.63. The van der Waals surface area contributed by atoms with Crippen LogP contribution in [0.3, 0.4) is 0 Å². The molecule has 0 aliphatic heterocycles. The lowest BCUT2D eigenvalue weighted by Crippen LogP contribution is -2.28. The van der Waals surface area contributed by atoms with E-state index in [-0.39, 0.29) is 5.25 Å². The highest BCUT2D eigenvalue weighted by molar-refractivity contribution is 9.09. The van der Waals surface area contributed by atoms with Gasteiger partial charge < -0.3 is 0 Å². The lowest BCUT2D eigenvalue weighted by atomic mass is 10.6. The summed E-state index contributed by atoms with van der Waals surface area (Å²) < 4.78 is 13.1. The maximum atomic E-state index is 11.2. The standard InChI is InChI=1S/C6H14BrNOS/c1-6(2)10(9)8(3)5-4-7/h6H,4-5H2,1-3H3. The van der Waals surface area contributed by atoms with E-state index in [1.165, 1.54) is 0 Å². The van der Waals surface area contributed by atoms with Crippen molar-refractivity contribution in [3.05, 3.63) is 0 Å². The van der Waals surface area contributed by atoms with Crippen molar-refractivity contribution in [3.63, 3.8) is 0 Å². The number of hydrogen-bond acceptors (Lipinski definition) is 1. The van der Waals surface area contributed by atoms with E-state index in [2.05, 4.69) is 15.9 Å². The molecule has 0 rings (SSSR count). The van der Waals surface area contributed by atoms with E-state index >= 15 is 0 Å². The summed E-state index contributed by atoms with van der Waals surface area (Å²) in [6, 6.07) is 0. The lowest BCUT2D eigenvalue weighted by molar-refractivity contribution is 0.546. The highest BCUT2D eigenvalue weighted by atomic mass is 79.9. The summed E-state index contributed by atoms with van der Waals surface area (Å²) in [4.78, 5) is 0. The molecular formula is C6H14BrNOS. The van der Waals surface area contributed by atoms with Gasteiger partial charge in [-0.1, -0.05) is 15.9 Å². The summed E-state index contributed by atoms with van der Waals surface area (Å²) in [5, 5.41) is 1.10. The Labute approximate surface area is 73.7 Å². The van der Waals surface area contributed by atoms with E-state index in [4.69, 9.17) is 0 Å². The Morgan fingerprint density at radius 3 is 2.40 bits per heavy atom. The molecule has 1 unspecified atom stereocenters. The number of halogens is 1. The average Bonchev–Trinajstić information content (AvgIpc) is 1.87. The fourth-order valence-corrected chi connectivity index (χ4v) is 2.33. The normalized spacial score (nSPS) is 14.6. The Bertz CT molecular complexity index is 118.